The number of aromatic nitrogens is 8. The van der Waals surface area contributed by atoms with Crippen molar-refractivity contribution in [3.8, 4) is 28.4 Å². The Morgan fingerprint density at radius 2 is 0.424 bits per heavy atom. The third-order valence-corrected chi connectivity index (χ3v) is 17.6. The number of nitrogens with zero attached hydrogens (tertiary/aromatic N) is 8. The quantitative estimate of drug-likeness (QED) is 0.139. The van der Waals surface area contributed by atoms with Crippen LogP contribution in [-0.2, 0) is 26.9 Å². The summed E-state index contributed by atoms with van der Waals surface area (Å²) in [5.41, 5.74) is 4.30. The maximum Gasteiger partial charge on any atom is 0.266 e. The predicted octanol–water partition coefficient (Wildman–Crippen LogP) is 27.9. The first-order chi connectivity index (χ1) is 59.9. The van der Waals surface area contributed by atoms with Crippen LogP contribution in [0.3, 0.4) is 0 Å². The summed E-state index contributed by atoms with van der Waals surface area (Å²) in [6.45, 7) is 62.9. The van der Waals surface area contributed by atoms with Crippen molar-refractivity contribution in [3.63, 3.8) is 0 Å². The molecule has 0 aliphatic carbocycles. The molecule has 15 nitrogen and oxygen atoms in total. The summed E-state index contributed by atoms with van der Waals surface area (Å²) in [6, 6.07) is 88.7. The van der Waals surface area contributed by atoms with Crippen LogP contribution in [-0.4, -0.2) is 48.0 Å². The summed E-state index contributed by atoms with van der Waals surface area (Å²) < 4.78 is 8.21. The van der Waals surface area contributed by atoms with Crippen molar-refractivity contribution in [2.75, 3.05) is 0 Å². The van der Waals surface area contributed by atoms with E-state index in [9.17, 15) is 34.2 Å². The standard InChI is InChI=1S/C18H16ClNO.2C18H18N2O.C18H17NO2.C17H16N2O2.10C2H6/c1-18(2,19)16-12-13-8-6-7-11-15(13)17(21)20(16)14-9-4-3-5-10-14;2*1-18(2,3)17-19-15-12-8-7-11-14(15)16(21)20(17)13-9-5-4-6-10-13;1-18(2,21)16-12-13-8-6-7-11-15(13)17(20)19(16)14-9-4-3-5-10-14;1-17(2,21)16-18-14-11-7-6-10-13(14)15(20)19(16)12-8-4-3-5-9-12;10*1-2/h3-12H,1-2H3;2*4-12H,1-3H3;3-12,21H,1-2H3;3-11,21H,1-2H3;10*1-2H3. The number of benzene rings is 10. The Morgan fingerprint density at radius 3 is 0.664 bits per heavy atom. The van der Waals surface area contributed by atoms with Crippen molar-refractivity contribution in [3.05, 3.63) is 366 Å². The highest BCUT2D eigenvalue weighted by Crippen LogP contribution is 2.32. The maximum atomic E-state index is 12.9. The second kappa shape index (κ2) is 55.5. The molecule has 0 aliphatic rings. The molecule has 0 amide bonds. The second-order valence-corrected chi connectivity index (χ2v) is 30.0. The summed E-state index contributed by atoms with van der Waals surface area (Å²) in [5, 5.41) is 25.8. The summed E-state index contributed by atoms with van der Waals surface area (Å²) in [5.74, 6) is 1.88. The number of hydrogen-bond acceptors (Lipinski definition) is 10. The van der Waals surface area contributed by atoms with Gasteiger partial charge in [-0.15, -0.1) is 11.6 Å². The number of aliphatic hydroxyl groups is 2. The maximum absolute atomic E-state index is 12.9. The molecule has 15 aromatic rings. The normalized spacial score (nSPS) is 10.4. The molecule has 0 spiro atoms. The van der Waals surface area contributed by atoms with Crippen LogP contribution in [0.15, 0.2) is 309 Å². The second-order valence-electron chi connectivity index (χ2n) is 29.1. The molecule has 0 atom stereocenters. The fourth-order valence-electron chi connectivity index (χ4n) is 12.3. The average Bonchev–Trinajstić information content (AvgIpc) is 0.787. The molecule has 0 unspecified atom stereocenters. The van der Waals surface area contributed by atoms with Crippen LogP contribution in [0, 0.1) is 0 Å². The molecule has 0 saturated heterocycles. The van der Waals surface area contributed by atoms with Gasteiger partial charge in [-0.3, -0.25) is 46.8 Å². The Hall–Kier alpha value is -11.8. The molecule has 0 saturated carbocycles. The summed E-state index contributed by atoms with van der Waals surface area (Å²) in [4.78, 5) is 77.7. The SMILES string of the molecule is CC.CC.CC.CC.CC.CC.CC.CC.CC.CC.CC(C)(C)c1nc2ccccc2c(=O)n1-c1ccccc1.CC(C)(C)c1nc2ccccc2c(=O)n1-c1ccccc1.CC(C)(Cl)c1cc2ccccc2c(=O)n1-c1ccccc1.CC(C)(O)c1cc2ccccc2c(=O)n1-c1ccccc1.CC(C)(O)c1nc2ccccc2c(=O)n1-c1ccccc1. The number of fused-ring (bicyclic) bond motifs is 5. The van der Waals surface area contributed by atoms with Gasteiger partial charge >= 0.3 is 0 Å². The molecule has 0 fully saturated rings. The summed E-state index contributed by atoms with van der Waals surface area (Å²) >= 11 is 6.53. The van der Waals surface area contributed by atoms with Crippen LogP contribution in [0.25, 0.3) is 82.7 Å². The predicted molar refractivity (Wildman–Crippen MR) is 541 cm³/mol. The lowest BCUT2D eigenvalue weighted by molar-refractivity contribution is 0.0661. The minimum atomic E-state index is -1.22. The van der Waals surface area contributed by atoms with E-state index in [1.807, 2.05) is 425 Å². The lowest BCUT2D eigenvalue weighted by atomic mass is 9.94. The number of pyridine rings is 2. The molecular formula is C109H145ClN8O7. The molecule has 15 rings (SSSR count). The smallest absolute Gasteiger partial charge is 0.266 e. The van der Waals surface area contributed by atoms with E-state index in [1.165, 1.54) is 4.57 Å². The molecule has 0 bridgehead atoms. The van der Waals surface area contributed by atoms with Gasteiger partial charge in [0.1, 0.15) is 23.1 Å². The van der Waals surface area contributed by atoms with Gasteiger partial charge in [-0.1, -0.05) is 344 Å². The Bertz CT molecular complexity index is 5080. The highest BCUT2D eigenvalue weighted by Gasteiger charge is 2.29. The van der Waals surface area contributed by atoms with Crippen LogP contribution in [0.2, 0.25) is 0 Å². The molecule has 0 radical (unpaired) electrons. The largest absolute Gasteiger partial charge is 0.384 e. The molecule has 0 aliphatic heterocycles. The summed E-state index contributed by atoms with van der Waals surface area (Å²) in [6.07, 6.45) is 0. The third-order valence-electron chi connectivity index (χ3n) is 17.4. The van der Waals surface area contributed by atoms with Crippen LogP contribution in [0.4, 0.5) is 0 Å². The zero-order chi connectivity index (χ0) is 95.2. The number of halogens is 1. The van der Waals surface area contributed by atoms with Gasteiger partial charge in [0.25, 0.3) is 27.8 Å². The van der Waals surface area contributed by atoms with Gasteiger partial charge in [0.05, 0.1) is 65.9 Å². The van der Waals surface area contributed by atoms with Crippen molar-refractivity contribution < 1.29 is 10.2 Å². The fraction of sp³-hybridized carbons (Fsp3) is 0.339. The van der Waals surface area contributed by atoms with Crippen molar-refractivity contribution in [1.29, 1.82) is 0 Å². The highest BCUT2D eigenvalue weighted by atomic mass is 35.5. The van der Waals surface area contributed by atoms with Crippen LogP contribution in [0.5, 0.6) is 0 Å². The van der Waals surface area contributed by atoms with Gasteiger partial charge in [-0.05, 0) is 174 Å². The zero-order valence-electron chi connectivity index (χ0n) is 81.0. The van der Waals surface area contributed by atoms with Crippen LogP contribution < -0.4 is 27.8 Å². The molecule has 10 aromatic carbocycles. The molecule has 16 heteroatoms. The molecule has 5 aromatic heterocycles. The van der Waals surface area contributed by atoms with E-state index in [1.54, 1.807) is 58.1 Å². The first kappa shape index (κ1) is 111. The first-order valence-electron chi connectivity index (χ1n) is 44.7. The third kappa shape index (κ3) is 30.0. The number of rotatable bonds is 8. The van der Waals surface area contributed by atoms with Gasteiger partial charge in [0.2, 0.25) is 0 Å². The number of alkyl halides is 1. The van der Waals surface area contributed by atoms with E-state index in [2.05, 4.69) is 46.5 Å². The Labute approximate surface area is 751 Å². The molecule has 2 N–H and O–H groups in total. The van der Waals surface area contributed by atoms with Crippen molar-refractivity contribution in [1.82, 2.24) is 37.8 Å². The molecule has 5 heterocycles. The number of hydrogen-bond donors (Lipinski definition) is 2. The lowest BCUT2D eigenvalue weighted by Crippen LogP contribution is -2.32. The van der Waals surface area contributed by atoms with Crippen LogP contribution in [0.1, 0.15) is 250 Å². The van der Waals surface area contributed by atoms with Gasteiger partial charge in [-0.25, -0.2) is 15.0 Å². The van der Waals surface area contributed by atoms with E-state index in [-0.39, 0.29) is 38.6 Å². The molecular weight excluding hydrogens is 1570 g/mol. The van der Waals surface area contributed by atoms with Crippen molar-refractivity contribution in [2.24, 2.45) is 0 Å². The van der Waals surface area contributed by atoms with E-state index < -0.39 is 16.1 Å². The average molecular weight is 1710 g/mol. The Balaban J connectivity index is 0.000000742. The molecule has 125 heavy (non-hydrogen) atoms. The highest BCUT2D eigenvalue weighted by molar-refractivity contribution is 6.23. The van der Waals surface area contributed by atoms with E-state index >= 15 is 0 Å². The fourth-order valence-corrected chi connectivity index (χ4v) is 12.5. The first-order valence-corrected chi connectivity index (χ1v) is 45.1. The minimum absolute atomic E-state index is 0.0169. The lowest BCUT2D eigenvalue weighted by Gasteiger charge is -2.24. The minimum Gasteiger partial charge on any atom is -0.384 e. The Morgan fingerprint density at radius 1 is 0.232 bits per heavy atom. The van der Waals surface area contributed by atoms with Crippen molar-refractivity contribution in [2.45, 2.75) is 248 Å². The van der Waals surface area contributed by atoms with Gasteiger partial charge in [-0.2, -0.15) is 0 Å². The van der Waals surface area contributed by atoms with E-state index in [0.29, 0.717) is 49.7 Å². The van der Waals surface area contributed by atoms with Gasteiger partial charge in [0, 0.05) is 38.7 Å². The number of para-hydroxylation sites is 8. The van der Waals surface area contributed by atoms with Gasteiger partial charge in [0.15, 0.2) is 0 Å². The van der Waals surface area contributed by atoms with E-state index in [0.717, 1.165) is 61.9 Å². The van der Waals surface area contributed by atoms with E-state index in [4.69, 9.17) is 21.6 Å². The van der Waals surface area contributed by atoms with Gasteiger partial charge < -0.3 is 10.2 Å². The topological polar surface area (TPSA) is 189 Å². The summed E-state index contributed by atoms with van der Waals surface area (Å²) in [7, 11) is 0. The Kier molecular flexibility index (Phi) is 49.4. The molecule has 670 valence electrons. The zero-order valence-corrected chi connectivity index (χ0v) is 81.8. The monoisotopic (exact) mass is 1710 g/mol. The van der Waals surface area contributed by atoms with Crippen molar-refractivity contribution >= 4 is 65.9 Å². The van der Waals surface area contributed by atoms with Crippen LogP contribution >= 0.6 is 11.6 Å².